The predicted molar refractivity (Wildman–Crippen MR) is 83.1 cm³/mol. The van der Waals surface area contributed by atoms with Gasteiger partial charge in [0.05, 0.1) is 15.6 Å². The molecular weight excluding hydrogens is 256 g/mol. The van der Waals surface area contributed by atoms with Crippen LogP contribution in [-0.4, -0.2) is 18.9 Å². The minimum atomic E-state index is 0.153. The van der Waals surface area contributed by atoms with E-state index in [0.717, 1.165) is 23.0 Å². The molecule has 1 fully saturated rings. The smallest absolute Gasteiger partial charge is 0.174 e. The number of hydrogen-bond acceptors (Lipinski definition) is 4. The summed E-state index contributed by atoms with van der Waals surface area (Å²) in [5, 5.41) is 1.15. The number of thiophene rings is 1. The van der Waals surface area contributed by atoms with Crippen molar-refractivity contribution in [1.29, 1.82) is 0 Å². The van der Waals surface area contributed by atoms with Crippen molar-refractivity contribution in [2.75, 3.05) is 23.7 Å². The van der Waals surface area contributed by atoms with Crippen molar-refractivity contribution in [2.24, 2.45) is 11.3 Å². The Labute approximate surface area is 119 Å². The lowest BCUT2D eigenvalue weighted by Crippen LogP contribution is -2.25. The summed E-state index contributed by atoms with van der Waals surface area (Å²) in [6.45, 7) is 10.9. The SMILES string of the molecule is CCC(=O)c1sc(N2CCC(C(C)(C)C)C2)cc1N. The fourth-order valence-electron chi connectivity index (χ4n) is 2.59. The fourth-order valence-corrected chi connectivity index (χ4v) is 3.72. The molecule has 106 valence electrons. The lowest BCUT2D eigenvalue weighted by Gasteiger charge is -2.27. The second-order valence-electron chi connectivity index (χ2n) is 6.44. The van der Waals surface area contributed by atoms with Gasteiger partial charge < -0.3 is 10.6 Å². The fraction of sp³-hybridized carbons (Fsp3) is 0.667. The molecule has 0 aromatic carbocycles. The number of ketones is 1. The third-order valence-electron chi connectivity index (χ3n) is 4.05. The Morgan fingerprint density at radius 2 is 2.21 bits per heavy atom. The quantitative estimate of drug-likeness (QED) is 0.857. The van der Waals surface area contributed by atoms with Crippen LogP contribution in [0.25, 0.3) is 0 Å². The van der Waals surface area contributed by atoms with E-state index in [1.54, 1.807) is 11.3 Å². The molecule has 1 aliphatic heterocycles. The average molecular weight is 280 g/mol. The predicted octanol–water partition coefficient (Wildman–Crippen LogP) is 3.80. The van der Waals surface area contributed by atoms with Crippen LogP contribution in [0.1, 0.15) is 50.2 Å². The van der Waals surface area contributed by atoms with Crippen molar-refractivity contribution in [3.05, 3.63) is 10.9 Å². The summed E-state index contributed by atoms with van der Waals surface area (Å²) in [7, 11) is 0. The summed E-state index contributed by atoms with van der Waals surface area (Å²) in [6, 6.07) is 1.97. The third kappa shape index (κ3) is 2.94. The third-order valence-corrected chi connectivity index (χ3v) is 5.30. The van der Waals surface area contributed by atoms with Gasteiger partial charge in [0, 0.05) is 19.5 Å². The Bertz CT molecular complexity index is 473. The summed E-state index contributed by atoms with van der Waals surface area (Å²) in [5.74, 6) is 0.862. The number of Topliss-reactive ketones (excluding diaryl/α,β-unsaturated/α-hetero) is 1. The number of carbonyl (C=O) groups excluding carboxylic acids is 1. The van der Waals surface area contributed by atoms with Crippen LogP contribution in [0.5, 0.6) is 0 Å². The highest BCUT2D eigenvalue weighted by atomic mass is 32.1. The van der Waals surface area contributed by atoms with Crippen LogP contribution in [0.3, 0.4) is 0 Å². The van der Waals surface area contributed by atoms with Crippen molar-refractivity contribution >= 4 is 27.8 Å². The molecule has 1 aromatic heterocycles. The van der Waals surface area contributed by atoms with Crippen molar-refractivity contribution in [1.82, 2.24) is 0 Å². The summed E-state index contributed by atoms with van der Waals surface area (Å²) in [6.07, 6.45) is 1.74. The topological polar surface area (TPSA) is 46.3 Å². The first kappa shape index (κ1) is 14.4. The second-order valence-corrected chi connectivity index (χ2v) is 7.47. The van der Waals surface area contributed by atoms with Gasteiger partial charge in [0.25, 0.3) is 0 Å². The molecule has 4 heteroatoms. The molecule has 0 radical (unpaired) electrons. The summed E-state index contributed by atoms with van der Waals surface area (Å²) >= 11 is 1.55. The highest BCUT2D eigenvalue weighted by Gasteiger charge is 2.32. The first-order valence-corrected chi connectivity index (χ1v) is 7.82. The van der Waals surface area contributed by atoms with E-state index in [0.29, 0.717) is 23.4 Å². The molecule has 0 aliphatic carbocycles. The first-order chi connectivity index (χ1) is 8.82. The molecule has 1 saturated heterocycles. The van der Waals surface area contributed by atoms with E-state index in [1.165, 1.54) is 6.42 Å². The van der Waals surface area contributed by atoms with Gasteiger partial charge in [-0.1, -0.05) is 27.7 Å². The van der Waals surface area contributed by atoms with Crippen LogP contribution in [0.15, 0.2) is 6.07 Å². The van der Waals surface area contributed by atoms with Gasteiger partial charge in [-0.2, -0.15) is 0 Å². The number of hydrogen-bond donors (Lipinski definition) is 1. The Morgan fingerprint density at radius 3 is 2.74 bits per heavy atom. The molecule has 0 bridgehead atoms. The van der Waals surface area contributed by atoms with Gasteiger partial charge in [-0.05, 0) is 23.8 Å². The van der Waals surface area contributed by atoms with E-state index >= 15 is 0 Å². The zero-order chi connectivity index (χ0) is 14.2. The number of anilines is 2. The van der Waals surface area contributed by atoms with Crippen molar-refractivity contribution in [3.63, 3.8) is 0 Å². The van der Waals surface area contributed by atoms with E-state index in [1.807, 2.05) is 13.0 Å². The van der Waals surface area contributed by atoms with Crippen LogP contribution in [0, 0.1) is 11.3 Å². The molecule has 0 amide bonds. The minimum absolute atomic E-state index is 0.153. The zero-order valence-corrected chi connectivity index (χ0v) is 13.1. The van der Waals surface area contributed by atoms with E-state index in [9.17, 15) is 4.79 Å². The molecule has 1 aliphatic rings. The van der Waals surface area contributed by atoms with E-state index in [-0.39, 0.29) is 5.78 Å². The maximum absolute atomic E-state index is 11.8. The molecule has 2 rings (SSSR count). The molecule has 2 N–H and O–H groups in total. The van der Waals surface area contributed by atoms with Gasteiger partial charge in [-0.25, -0.2) is 0 Å². The Kier molecular flexibility index (Phi) is 3.90. The van der Waals surface area contributed by atoms with Gasteiger partial charge in [0.2, 0.25) is 0 Å². The molecule has 0 saturated carbocycles. The maximum atomic E-state index is 11.8. The Hall–Kier alpha value is -1.03. The van der Waals surface area contributed by atoms with Crippen LogP contribution in [-0.2, 0) is 0 Å². The monoisotopic (exact) mass is 280 g/mol. The standard InChI is InChI=1S/C15H24N2OS/c1-5-12(18)14-11(16)8-13(19-14)17-7-6-10(9-17)15(2,3)4/h8,10H,5-7,9,16H2,1-4H3. The van der Waals surface area contributed by atoms with E-state index in [2.05, 4.69) is 25.7 Å². The van der Waals surface area contributed by atoms with Gasteiger partial charge in [-0.3, -0.25) is 4.79 Å². The van der Waals surface area contributed by atoms with E-state index < -0.39 is 0 Å². The summed E-state index contributed by atoms with van der Waals surface area (Å²) in [5.41, 5.74) is 6.96. The normalized spacial score (nSPS) is 20.0. The summed E-state index contributed by atoms with van der Waals surface area (Å²) < 4.78 is 0. The minimum Gasteiger partial charge on any atom is -0.397 e. The van der Waals surface area contributed by atoms with Crippen LogP contribution < -0.4 is 10.6 Å². The van der Waals surface area contributed by atoms with Crippen LogP contribution >= 0.6 is 11.3 Å². The largest absolute Gasteiger partial charge is 0.397 e. The van der Waals surface area contributed by atoms with Crippen molar-refractivity contribution in [2.45, 2.75) is 40.5 Å². The molecule has 1 aromatic rings. The van der Waals surface area contributed by atoms with Gasteiger partial charge in [0.15, 0.2) is 5.78 Å². The molecule has 1 atom stereocenters. The number of nitrogens with zero attached hydrogens (tertiary/aromatic N) is 1. The van der Waals surface area contributed by atoms with Gasteiger partial charge in [-0.15, -0.1) is 11.3 Å². The molecule has 0 spiro atoms. The number of carbonyl (C=O) groups is 1. The first-order valence-electron chi connectivity index (χ1n) is 7.00. The van der Waals surface area contributed by atoms with Gasteiger partial charge >= 0.3 is 0 Å². The lowest BCUT2D eigenvalue weighted by molar-refractivity contribution is 0.0993. The lowest BCUT2D eigenvalue weighted by atomic mass is 9.80. The number of nitrogens with two attached hydrogens (primary N) is 1. The second kappa shape index (κ2) is 5.16. The number of nitrogen functional groups attached to an aromatic ring is 1. The van der Waals surface area contributed by atoms with Crippen LogP contribution in [0.2, 0.25) is 0 Å². The average Bonchev–Trinajstić information content (AvgIpc) is 2.93. The Balaban J connectivity index is 2.14. The zero-order valence-electron chi connectivity index (χ0n) is 12.3. The highest BCUT2D eigenvalue weighted by Crippen LogP contribution is 2.39. The molecule has 1 unspecified atom stereocenters. The van der Waals surface area contributed by atoms with Crippen LogP contribution in [0.4, 0.5) is 10.7 Å². The Morgan fingerprint density at radius 1 is 1.53 bits per heavy atom. The van der Waals surface area contributed by atoms with Crippen molar-refractivity contribution < 1.29 is 4.79 Å². The highest BCUT2D eigenvalue weighted by molar-refractivity contribution is 7.18. The molecule has 3 nitrogen and oxygen atoms in total. The summed E-state index contributed by atoms with van der Waals surface area (Å²) in [4.78, 5) is 14.9. The molecular formula is C15H24N2OS. The molecule has 19 heavy (non-hydrogen) atoms. The number of rotatable bonds is 3. The van der Waals surface area contributed by atoms with Gasteiger partial charge in [0.1, 0.15) is 0 Å². The van der Waals surface area contributed by atoms with Crippen molar-refractivity contribution in [3.8, 4) is 0 Å². The maximum Gasteiger partial charge on any atom is 0.174 e. The molecule has 2 heterocycles. The van der Waals surface area contributed by atoms with E-state index in [4.69, 9.17) is 5.73 Å².